The van der Waals surface area contributed by atoms with Gasteiger partial charge in [-0.15, -0.1) is 0 Å². The molecule has 76 valence electrons. The summed E-state index contributed by atoms with van der Waals surface area (Å²) < 4.78 is 0. The molecule has 0 bridgehead atoms. The first-order valence-electron chi connectivity index (χ1n) is 4.19. The highest BCUT2D eigenvalue weighted by atomic mass is 32.1. The molecule has 0 radical (unpaired) electrons. The lowest BCUT2D eigenvalue weighted by atomic mass is 10.2. The molecule has 0 spiro atoms. The van der Waals surface area contributed by atoms with E-state index < -0.39 is 0 Å². The van der Waals surface area contributed by atoms with Gasteiger partial charge >= 0.3 is 0 Å². The summed E-state index contributed by atoms with van der Waals surface area (Å²) in [5.74, 6) is -0.129. The highest BCUT2D eigenvalue weighted by Crippen LogP contribution is 2.15. The Hall–Kier alpha value is -0.940. The molecular weight excluding hydrogens is 216 g/mol. The van der Waals surface area contributed by atoms with Crippen molar-refractivity contribution >= 4 is 34.5 Å². The average Bonchev–Trinajstić information content (AvgIpc) is 2.53. The summed E-state index contributed by atoms with van der Waals surface area (Å²) in [6.45, 7) is 1.93. The van der Waals surface area contributed by atoms with E-state index in [1.807, 2.05) is 23.8 Å². The van der Waals surface area contributed by atoms with Crippen LogP contribution in [0.4, 0.5) is 0 Å². The lowest BCUT2D eigenvalue weighted by Crippen LogP contribution is -2.29. The van der Waals surface area contributed by atoms with Crippen LogP contribution in [0.3, 0.4) is 0 Å². The van der Waals surface area contributed by atoms with Crippen LogP contribution in [0, 0.1) is 0 Å². The van der Waals surface area contributed by atoms with Gasteiger partial charge in [-0.2, -0.15) is 11.3 Å². The number of amides is 1. The summed E-state index contributed by atoms with van der Waals surface area (Å²) in [6, 6.07) is 2.00. The molecular formula is C9H12N2OS2. The molecule has 1 atom stereocenters. The molecule has 0 aliphatic heterocycles. The average molecular weight is 228 g/mol. The lowest BCUT2D eigenvalue weighted by Gasteiger charge is -2.11. The summed E-state index contributed by atoms with van der Waals surface area (Å²) in [5.41, 5.74) is 6.36. The normalized spacial score (nSPS) is 12.1. The van der Waals surface area contributed by atoms with Crippen LogP contribution in [-0.4, -0.2) is 10.9 Å². The fourth-order valence-electron chi connectivity index (χ4n) is 1.06. The van der Waals surface area contributed by atoms with Crippen molar-refractivity contribution in [3.63, 3.8) is 0 Å². The molecule has 1 amide bonds. The van der Waals surface area contributed by atoms with Gasteiger partial charge in [-0.1, -0.05) is 12.2 Å². The lowest BCUT2D eigenvalue weighted by molar-refractivity contribution is -0.120. The molecule has 0 aromatic carbocycles. The largest absolute Gasteiger partial charge is 0.393 e. The van der Waals surface area contributed by atoms with Gasteiger partial charge in [-0.25, -0.2) is 0 Å². The van der Waals surface area contributed by atoms with Crippen molar-refractivity contribution in [3.8, 4) is 0 Å². The predicted molar refractivity (Wildman–Crippen MR) is 62.3 cm³/mol. The van der Waals surface area contributed by atoms with E-state index in [9.17, 15) is 4.79 Å². The minimum absolute atomic E-state index is 0.0168. The van der Waals surface area contributed by atoms with Crippen molar-refractivity contribution in [3.05, 3.63) is 22.4 Å². The maximum atomic E-state index is 11.3. The van der Waals surface area contributed by atoms with E-state index in [-0.39, 0.29) is 23.4 Å². The monoisotopic (exact) mass is 228 g/mol. The fraction of sp³-hybridized carbons (Fsp3) is 0.333. The minimum Gasteiger partial charge on any atom is -0.393 e. The number of carbonyl (C=O) groups is 1. The van der Waals surface area contributed by atoms with Crippen molar-refractivity contribution in [2.45, 2.75) is 19.4 Å². The summed E-state index contributed by atoms with van der Waals surface area (Å²) in [6.07, 6.45) is 0.115. The van der Waals surface area contributed by atoms with E-state index in [1.54, 1.807) is 11.3 Å². The third-order valence-electron chi connectivity index (χ3n) is 1.76. The van der Waals surface area contributed by atoms with E-state index in [0.717, 1.165) is 5.56 Å². The molecule has 5 heteroatoms. The number of thiophene rings is 1. The van der Waals surface area contributed by atoms with Crippen LogP contribution in [0.1, 0.15) is 24.9 Å². The molecule has 1 unspecified atom stereocenters. The van der Waals surface area contributed by atoms with E-state index in [0.29, 0.717) is 0 Å². The number of hydrogen-bond donors (Lipinski definition) is 2. The van der Waals surface area contributed by atoms with Crippen molar-refractivity contribution in [2.24, 2.45) is 5.73 Å². The maximum absolute atomic E-state index is 11.3. The summed E-state index contributed by atoms with van der Waals surface area (Å²) in [7, 11) is 0. The summed E-state index contributed by atoms with van der Waals surface area (Å²) in [5, 5.41) is 6.80. The Bertz CT molecular complexity index is 322. The summed E-state index contributed by atoms with van der Waals surface area (Å²) >= 11 is 6.25. The quantitative estimate of drug-likeness (QED) is 0.770. The number of nitrogens with two attached hydrogens (primary N) is 1. The van der Waals surface area contributed by atoms with Gasteiger partial charge in [0.15, 0.2) is 0 Å². The Morgan fingerprint density at radius 2 is 2.50 bits per heavy atom. The summed E-state index contributed by atoms with van der Waals surface area (Å²) in [4.78, 5) is 11.5. The molecule has 1 aromatic rings. The van der Waals surface area contributed by atoms with Crippen LogP contribution >= 0.6 is 23.6 Å². The predicted octanol–water partition coefficient (Wildman–Crippen LogP) is 1.60. The second-order valence-electron chi connectivity index (χ2n) is 2.99. The first-order valence-corrected chi connectivity index (χ1v) is 5.54. The zero-order valence-corrected chi connectivity index (χ0v) is 9.45. The van der Waals surface area contributed by atoms with Crippen LogP contribution in [0.15, 0.2) is 16.8 Å². The highest BCUT2D eigenvalue weighted by Gasteiger charge is 2.09. The molecule has 0 aliphatic carbocycles. The maximum Gasteiger partial charge on any atom is 0.227 e. The number of nitrogens with one attached hydrogen (secondary N) is 1. The van der Waals surface area contributed by atoms with Crippen LogP contribution in [0.5, 0.6) is 0 Å². The zero-order chi connectivity index (χ0) is 10.6. The minimum atomic E-state index is -0.129. The van der Waals surface area contributed by atoms with Gasteiger partial charge in [0.25, 0.3) is 0 Å². The van der Waals surface area contributed by atoms with Gasteiger partial charge in [-0.3, -0.25) is 4.79 Å². The fourth-order valence-corrected chi connectivity index (χ4v) is 1.94. The SMILES string of the molecule is CC(NC(=O)CC(N)=S)c1ccsc1. The number of rotatable bonds is 4. The Labute approximate surface area is 92.3 Å². The van der Waals surface area contributed by atoms with Crippen LogP contribution < -0.4 is 11.1 Å². The zero-order valence-electron chi connectivity index (χ0n) is 7.82. The molecule has 3 nitrogen and oxygen atoms in total. The van der Waals surface area contributed by atoms with Crippen LogP contribution in [-0.2, 0) is 4.79 Å². The Kier molecular flexibility index (Phi) is 4.03. The van der Waals surface area contributed by atoms with Crippen molar-refractivity contribution in [1.82, 2.24) is 5.32 Å². The van der Waals surface area contributed by atoms with Gasteiger partial charge in [-0.05, 0) is 29.3 Å². The van der Waals surface area contributed by atoms with Gasteiger partial charge in [0.2, 0.25) is 5.91 Å². The molecule has 0 saturated carbocycles. The molecule has 1 aromatic heterocycles. The molecule has 1 rings (SSSR count). The van der Waals surface area contributed by atoms with Gasteiger partial charge in [0, 0.05) is 0 Å². The Balaban J connectivity index is 2.45. The Morgan fingerprint density at radius 3 is 3.00 bits per heavy atom. The third-order valence-corrected chi connectivity index (χ3v) is 2.60. The molecule has 0 aliphatic rings. The van der Waals surface area contributed by atoms with Gasteiger partial charge in [0.05, 0.1) is 17.5 Å². The number of carbonyl (C=O) groups excluding carboxylic acids is 1. The first-order chi connectivity index (χ1) is 6.59. The number of thiocarbonyl (C=S) groups is 1. The first kappa shape index (κ1) is 11.1. The highest BCUT2D eigenvalue weighted by molar-refractivity contribution is 7.80. The van der Waals surface area contributed by atoms with E-state index in [4.69, 9.17) is 5.73 Å². The van der Waals surface area contributed by atoms with E-state index in [2.05, 4.69) is 17.5 Å². The molecule has 0 saturated heterocycles. The molecule has 14 heavy (non-hydrogen) atoms. The van der Waals surface area contributed by atoms with Crippen molar-refractivity contribution in [1.29, 1.82) is 0 Å². The van der Waals surface area contributed by atoms with Crippen molar-refractivity contribution in [2.75, 3.05) is 0 Å². The molecule has 3 N–H and O–H groups in total. The van der Waals surface area contributed by atoms with Crippen LogP contribution in [0.25, 0.3) is 0 Å². The Morgan fingerprint density at radius 1 is 1.79 bits per heavy atom. The molecule has 1 heterocycles. The van der Waals surface area contributed by atoms with E-state index >= 15 is 0 Å². The topological polar surface area (TPSA) is 55.1 Å². The van der Waals surface area contributed by atoms with Crippen LogP contribution in [0.2, 0.25) is 0 Å². The second kappa shape index (κ2) is 5.07. The number of hydrogen-bond acceptors (Lipinski definition) is 3. The van der Waals surface area contributed by atoms with Gasteiger partial charge in [0.1, 0.15) is 0 Å². The standard InChI is InChI=1S/C9H12N2OS2/c1-6(7-2-3-14-5-7)11-9(12)4-8(10)13/h2-3,5-6H,4H2,1H3,(H2,10,13)(H,11,12). The third kappa shape index (κ3) is 3.43. The molecule has 0 fully saturated rings. The van der Waals surface area contributed by atoms with Crippen molar-refractivity contribution < 1.29 is 4.79 Å². The van der Waals surface area contributed by atoms with Gasteiger partial charge < -0.3 is 11.1 Å². The smallest absolute Gasteiger partial charge is 0.227 e. The second-order valence-corrected chi connectivity index (χ2v) is 4.29. The van der Waals surface area contributed by atoms with E-state index in [1.165, 1.54) is 0 Å².